The molecular formula is C62H69N3O7S2. The molecule has 0 bridgehead atoms. The van der Waals surface area contributed by atoms with Crippen molar-refractivity contribution in [1.82, 2.24) is 16.0 Å². The number of rotatable bonds is 28. The monoisotopic (exact) mass is 1030 g/mol. The van der Waals surface area contributed by atoms with Gasteiger partial charge < -0.3 is 30.9 Å². The highest BCUT2D eigenvalue weighted by atomic mass is 32.2. The van der Waals surface area contributed by atoms with Gasteiger partial charge in [0.05, 0.1) is 40.6 Å². The molecule has 0 radical (unpaired) electrons. The molecule has 6 aromatic rings. The molecule has 6 rings (SSSR count). The zero-order valence-electron chi connectivity index (χ0n) is 42.4. The average molecular weight is 1030 g/mol. The maximum Gasteiger partial charge on any atom is 0.308 e. The minimum Gasteiger partial charge on any atom is -0.461 e. The normalized spacial score (nSPS) is 14.1. The Morgan fingerprint density at radius 3 is 1.42 bits per heavy atom. The molecule has 6 atom stereocenters. The van der Waals surface area contributed by atoms with Gasteiger partial charge in [0.1, 0.15) is 18.7 Å². The lowest BCUT2D eigenvalue weighted by Crippen LogP contribution is -2.58. The molecule has 74 heavy (non-hydrogen) atoms. The number of nitrogens with one attached hydrogen (secondary N) is 3. The van der Waals surface area contributed by atoms with Crippen LogP contribution in [-0.4, -0.2) is 82.3 Å². The molecule has 12 heteroatoms. The van der Waals surface area contributed by atoms with Crippen molar-refractivity contribution in [1.29, 1.82) is 0 Å². The van der Waals surface area contributed by atoms with E-state index in [0.29, 0.717) is 18.6 Å². The number of aliphatic hydroxyl groups is 2. The fourth-order valence-corrected chi connectivity index (χ4v) is 12.1. The van der Waals surface area contributed by atoms with Gasteiger partial charge in [-0.2, -0.15) is 0 Å². The van der Waals surface area contributed by atoms with Gasteiger partial charge in [-0.25, -0.2) is 0 Å². The number of ether oxygens (including phenoxy) is 1. The van der Waals surface area contributed by atoms with Crippen molar-refractivity contribution in [3.8, 4) is 0 Å². The second-order valence-electron chi connectivity index (χ2n) is 18.2. The van der Waals surface area contributed by atoms with Crippen molar-refractivity contribution in [2.45, 2.75) is 86.3 Å². The molecule has 0 aromatic heterocycles. The third kappa shape index (κ3) is 15.0. The summed E-state index contributed by atoms with van der Waals surface area (Å²) in [4.78, 5) is 55.0. The van der Waals surface area contributed by atoms with Gasteiger partial charge >= 0.3 is 5.97 Å². The molecular weight excluding hydrogens is 963 g/mol. The van der Waals surface area contributed by atoms with Crippen LogP contribution >= 0.6 is 23.5 Å². The van der Waals surface area contributed by atoms with Gasteiger partial charge in [0.15, 0.2) is 0 Å². The van der Waals surface area contributed by atoms with Gasteiger partial charge in [-0.05, 0) is 58.4 Å². The smallest absolute Gasteiger partial charge is 0.308 e. The van der Waals surface area contributed by atoms with Crippen LogP contribution in [0.25, 0.3) is 0 Å². The second-order valence-corrected chi connectivity index (χ2v) is 20.8. The fourth-order valence-electron chi connectivity index (χ4n) is 9.03. The molecule has 6 aromatic carbocycles. The summed E-state index contributed by atoms with van der Waals surface area (Å²) < 4.78 is 3.81. The summed E-state index contributed by atoms with van der Waals surface area (Å²) in [5.74, 6) is -1.92. The molecule has 0 aliphatic rings. The van der Waals surface area contributed by atoms with Crippen molar-refractivity contribution >= 4 is 47.2 Å². The van der Waals surface area contributed by atoms with Crippen molar-refractivity contribution in [3.63, 3.8) is 0 Å². The number of amides is 3. The molecule has 0 saturated carbocycles. The lowest BCUT2D eigenvalue weighted by Gasteiger charge is -2.37. The van der Waals surface area contributed by atoms with Crippen molar-refractivity contribution in [3.05, 3.63) is 240 Å². The Hall–Kier alpha value is -6.70. The Morgan fingerprint density at radius 1 is 0.595 bits per heavy atom. The Bertz CT molecular complexity index is 2500. The van der Waals surface area contributed by atoms with E-state index in [1.807, 2.05) is 129 Å². The topological polar surface area (TPSA) is 154 Å². The number of allylic oxidation sites excluding steroid dienone is 1. The summed E-state index contributed by atoms with van der Waals surface area (Å²) in [5.41, 5.74) is 6.31. The van der Waals surface area contributed by atoms with Crippen LogP contribution < -0.4 is 16.0 Å². The number of thioether (sulfide) groups is 2. The van der Waals surface area contributed by atoms with Gasteiger partial charge in [0.2, 0.25) is 17.7 Å². The minimum absolute atomic E-state index is 0.0197. The predicted molar refractivity (Wildman–Crippen MR) is 300 cm³/mol. The molecule has 0 aliphatic carbocycles. The third-order valence-corrected chi connectivity index (χ3v) is 16.2. The van der Waals surface area contributed by atoms with Gasteiger partial charge in [-0.15, -0.1) is 23.5 Å². The van der Waals surface area contributed by atoms with Crippen LogP contribution in [0.15, 0.2) is 207 Å². The minimum atomic E-state index is -1.30. The van der Waals surface area contributed by atoms with E-state index in [1.54, 1.807) is 17.8 Å². The standard InChI is InChI=1S/C62H69N3O7S2/c1-5-40-72-57(69)43-55(67)58(45(3)6-2)65-60(71)54(44-74-62(50-33-19-10-20-34-50,51-35-21-11-22-36-51)52-37-23-12-24-38-52)64-59(70)46(4)63-56(68)42-53(66)39-25-26-41-73-61(47-27-13-7-14-28-47,48-29-15-8-16-30-48)49-31-17-9-18-32-49/h5,7-25,27-39,45-46,53-55,58,66-67H,1,6,26,40-44H2,2-4H3,(H,63,68)(H,64,70)(H,65,71)/b39-25+/t45-,46+,53+,54+,55-,58+/m0/s1. The summed E-state index contributed by atoms with van der Waals surface area (Å²) in [6, 6.07) is 58.0. The van der Waals surface area contributed by atoms with E-state index in [4.69, 9.17) is 4.74 Å². The SMILES string of the molecule is C=CCOC(=O)C[C@H](O)[C@H](NC(=O)[C@@H](CSC(c1ccccc1)(c1ccccc1)c1ccccc1)NC(=O)[C@@H](C)NC(=O)C[C@H](O)/C=C/CCSC(c1ccccc1)(c1ccccc1)c1ccccc1)[C@@H](C)CC. The Kier molecular flexibility index (Phi) is 21.9. The molecule has 0 fully saturated rings. The maximum atomic E-state index is 14.7. The number of hydrogen-bond donors (Lipinski definition) is 5. The van der Waals surface area contributed by atoms with Crippen LogP contribution in [0.4, 0.5) is 0 Å². The highest BCUT2D eigenvalue weighted by Gasteiger charge is 2.40. The van der Waals surface area contributed by atoms with Crippen molar-refractivity contribution in [2.24, 2.45) is 5.92 Å². The second kappa shape index (κ2) is 28.7. The van der Waals surface area contributed by atoms with Gasteiger partial charge in [0, 0.05) is 5.75 Å². The van der Waals surface area contributed by atoms with Gasteiger partial charge in [-0.3, -0.25) is 19.2 Å². The highest BCUT2D eigenvalue weighted by molar-refractivity contribution is 8.00. The number of esters is 1. The number of carbonyl (C=O) groups is 4. The first-order valence-electron chi connectivity index (χ1n) is 25.2. The van der Waals surface area contributed by atoms with Gasteiger partial charge in [0.25, 0.3) is 0 Å². The summed E-state index contributed by atoms with van der Waals surface area (Å²) in [7, 11) is 0. The van der Waals surface area contributed by atoms with E-state index in [9.17, 15) is 29.4 Å². The Labute approximate surface area is 445 Å². The molecule has 10 nitrogen and oxygen atoms in total. The number of benzene rings is 6. The molecule has 0 saturated heterocycles. The summed E-state index contributed by atoms with van der Waals surface area (Å²) in [5, 5.41) is 31.0. The number of hydrogen-bond acceptors (Lipinski definition) is 9. The summed E-state index contributed by atoms with van der Waals surface area (Å²) >= 11 is 3.27. The number of carbonyl (C=O) groups excluding carboxylic acids is 4. The maximum absolute atomic E-state index is 14.7. The molecule has 386 valence electrons. The highest BCUT2D eigenvalue weighted by Crippen LogP contribution is 2.50. The lowest BCUT2D eigenvalue weighted by atomic mass is 9.84. The van der Waals surface area contributed by atoms with E-state index < -0.39 is 63.5 Å². The van der Waals surface area contributed by atoms with Crippen LogP contribution in [0.1, 0.15) is 79.8 Å². The van der Waals surface area contributed by atoms with Crippen molar-refractivity contribution in [2.75, 3.05) is 18.1 Å². The van der Waals surface area contributed by atoms with E-state index in [2.05, 4.69) is 95.3 Å². The van der Waals surface area contributed by atoms with Crippen LogP contribution in [-0.2, 0) is 33.4 Å². The van der Waals surface area contributed by atoms with Gasteiger partial charge in [-0.1, -0.05) is 227 Å². The quantitative estimate of drug-likeness (QED) is 0.0140. The molecule has 3 amide bonds. The van der Waals surface area contributed by atoms with E-state index in [1.165, 1.54) is 24.8 Å². The molecule has 0 aliphatic heterocycles. The Balaban J connectivity index is 1.17. The lowest BCUT2D eigenvalue weighted by molar-refractivity contribution is -0.145. The molecule has 0 spiro atoms. The summed E-state index contributed by atoms with van der Waals surface area (Å²) in [6.45, 7) is 8.87. The van der Waals surface area contributed by atoms with Crippen LogP contribution in [0.2, 0.25) is 0 Å². The first-order valence-corrected chi connectivity index (χ1v) is 27.2. The van der Waals surface area contributed by atoms with E-state index >= 15 is 0 Å². The first-order chi connectivity index (χ1) is 35.9. The van der Waals surface area contributed by atoms with Crippen LogP contribution in [0.3, 0.4) is 0 Å². The molecule has 5 N–H and O–H groups in total. The average Bonchev–Trinajstić information content (AvgIpc) is 3.44. The zero-order valence-corrected chi connectivity index (χ0v) is 44.1. The Morgan fingerprint density at radius 2 is 1.01 bits per heavy atom. The van der Waals surface area contributed by atoms with Crippen LogP contribution in [0, 0.1) is 5.92 Å². The van der Waals surface area contributed by atoms with Crippen molar-refractivity contribution < 1.29 is 34.1 Å². The van der Waals surface area contributed by atoms with Crippen LogP contribution in [0.5, 0.6) is 0 Å². The largest absolute Gasteiger partial charge is 0.461 e. The summed E-state index contributed by atoms with van der Waals surface area (Å²) in [6.07, 6.45) is 3.03. The molecule has 0 heterocycles. The van der Waals surface area contributed by atoms with E-state index in [-0.39, 0.29) is 31.1 Å². The fraction of sp³-hybridized carbons (Fsp3) is 0.290. The molecule has 0 unspecified atom stereocenters. The zero-order chi connectivity index (χ0) is 52.8. The third-order valence-electron chi connectivity index (χ3n) is 13.0. The predicted octanol–water partition coefficient (Wildman–Crippen LogP) is 10.1. The van der Waals surface area contributed by atoms with E-state index in [0.717, 1.165) is 33.4 Å². The number of aliphatic hydroxyl groups excluding tert-OH is 2. The first kappa shape index (κ1) is 56.6.